The monoisotopic (exact) mass is 620 g/mol. The fraction of sp³-hybridized carbons (Fsp3) is 1.00. The van der Waals surface area contributed by atoms with E-state index in [1.54, 1.807) is 7.11 Å². The summed E-state index contributed by atoms with van der Waals surface area (Å²) in [6.07, 6.45) is 19.2. The average molecular weight is 621 g/mol. The Hall–Kier alpha value is 0.520. The molecule has 0 bridgehead atoms. The molecule has 0 aromatic heterocycles. The maximum Gasteiger partial charge on any atom is 0.211 e. The molecular weight excluding hydrogens is 563 g/mol. The van der Waals surface area contributed by atoms with Gasteiger partial charge in [0.1, 0.15) is 0 Å². The maximum atomic E-state index is 12.1. The second-order valence-corrected chi connectivity index (χ2v) is 12.5. The molecule has 8 heteroatoms. The first-order valence-corrected chi connectivity index (χ1v) is 15.2. The summed E-state index contributed by atoms with van der Waals surface area (Å²) in [5.74, 6) is 0.152. The third-order valence-corrected chi connectivity index (χ3v) is 7.48. The summed E-state index contributed by atoms with van der Waals surface area (Å²) in [4.78, 5) is 0. The lowest BCUT2D eigenvalue weighted by atomic mass is 10.0. The molecule has 0 aliphatic carbocycles. The van der Waals surface area contributed by atoms with Crippen LogP contribution in [-0.4, -0.2) is 79.3 Å². The quantitative estimate of drug-likeness (QED) is 0.0969. The van der Waals surface area contributed by atoms with Crippen molar-refractivity contribution >= 4 is 10.0 Å². The topological polar surface area (TPSA) is 64.6 Å². The smallest absolute Gasteiger partial charge is 0.211 e. The van der Waals surface area contributed by atoms with Crippen LogP contribution in [0.15, 0.2) is 0 Å². The molecule has 1 atom stereocenters. The first-order valence-electron chi connectivity index (χ1n) is 13.6. The summed E-state index contributed by atoms with van der Waals surface area (Å²) >= 11 is 0. The van der Waals surface area contributed by atoms with Crippen molar-refractivity contribution in [2.45, 2.75) is 109 Å². The molecule has 0 rings (SSSR count). The first-order chi connectivity index (χ1) is 15.7. The molecule has 0 amide bonds. The summed E-state index contributed by atoms with van der Waals surface area (Å²) in [6, 6.07) is 0. The summed E-state index contributed by atoms with van der Waals surface area (Å²) < 4.78 is 38.8. The van der Waals surface area contributed by atoms with E-state index in [9.17, 15) is 8.42 Å². The number of methoxy groups -OCH3 is 1. The average Bonchev–Trinajstić information content (AvgIpc) is 2.74. The Morgan fingerprint density at radius 1 is 0.765 bits per heavy atom. The van der Waals surface area contributed by atoms with Gasteiger partial charge in [-0.1, -0.05) is 90.4 Å². The standard InChI is InChI=1S/C26H57N2O4S.HI/c1-6-7-8-9-10-11-12-13-14-15-16-17-18-19-22-32-25-26(31-5)24-27-33(29,30)23-20-21-28(2,3)4;/h26-27H,6-25H2,1-5H3;1H/q+1;/p-1. The van der Waals surface area contributed by atoms with Crippen LogP contribution in [0.2, 0.25) is 0 Å². The van der Waals surface area contributed by atoms with Crippen molar-refractivity contribution in [3.63, 3.8) is 0 Å². The second-order valence-electron chi connectivity index (χ2n) is 10.6. The number of ether oxygens (including phenoxy) is 2. The predicted octanol–water partition coefficient (Wildman–Crippen LogP) is 2.52. The van der Waals surface area contributed by atoms with Crippen molar-refractivity contribution in [1.82, 2.24) is 4.72 Å². The van der Waals surface area contributed by atoms with E-state index in [1.165, 1.54) is 83.5 Å². The highest BCUT2D eigenvalue weighted by atomic mass is 127. The van der Waals surface area contributed by atoms with Gasteiger partial charge in [-0.25, -0.2) is 13.1 Å². The second kappa shape index (κ2) is 23.9. The molecule has 0 fully saturated rings. The van der Waals surface area contributed by atoms with Crippen LogP contribution in [0.25, 0.3) is 0 Å². The number of nitrogens with zero attached hydrogens (tertiary/aromatic N) is 1. The van der Waals surface area contributed by atoms with Gasteiger partial charge in [0.25, 0.3) is 0 Å². The Morgan fingerprint density at radius 2 is 1.24 bits per heavy atom. The van der Waals surface area contributed by atoms with Crippen molar-refractivity contribution in [1.29, 1.82) is 0 Å². The molecule has 0 aliphatic heterocycles. The van der Waals surface area contributed by atoms with Crippen LogP contribution < -0.4 is 28.7 Å². The molecule has 34 heavy (non-hydrogen) atoms. The van der Waals surface area contributed by atoms with Gasteiger partial charge in [0, 0.05) is 26.7 Å². The van der Waals surface area contributed by atoms with Crippen LogP contribution in [-0.2, 0) is 19.5 Å². The lowest BCUT2D eigenvalue weighted by Gasteiger charge is -2.23. The van der Waals surface area contributed by atoms with E-state index >= 15 is 0 Å². The Morgan fingerprint density at radius 3 is 1.68 bits per heavy atom. The van der Waals surface area contributed by atoms with Crippen molar-refractivity contribution in [3.05, 3.63) is 0 Å². The Bertz CT molecular complexity index is 527. The minimum absolute atomic E-state index is 0. The zero-order valence-corrected chi connectivity index (χ0v) is 26.1. The number of hydrogen-bond donors (Lipinski definition) is 1. The number of hydrogen-bond acceptors (Lipinski definition) is 4. The van der Waals surface area contributed by atoms with Gasteiger partial charge in [-0.15, -0.1) is 0 Å². The van der Waals surface area contributed by atoms with Crippen LogP contribution in [0.5, 0.6) is 0 Å². The zero-order valence-electron chi connectivity index (χ0n) is 23.1. The maximum absolute atomic E-state index is 12.1. The van der Waals surface area contributed by atoms with Crippen LogP contribution >= 0.6 is 0 Å². The summed E-state index contributed by atoms with van der Waals surface area (Å²) in [6.45, 7) is 4.51. The number of halogens is 1. The van der Waals surface area contributed by atoms with Gasteiger partial charge < -0.3 is 37.9 Å². The highest BCUT2D eigenvalue weighted by molar-refractivity contribution is 7.89. The molecule has 0 aromatic rings. The van der Waals surface area contributed by atoms with E-state index in [1.807, 2.05) is 0 Å². The van der Waals surface area contributed by atoms with Gasteiger partial charge in [-0.05, 0) is 6.42 Å². The van der Waals surface area contributed by atoms with E-state index in [0.29, 0.717) is 19.6 Å². The van der Waals surface area contributed by atoms with Crippen molar-refractivity contribution in [3.8, 4) is 0 Å². The minimum atomic E-state index is -3.27. The number of unbranched alkanes of at least 4 members (excludes halogenated alkanes) is 13. The van der Waals surface area contributed by atoms with E-state index in [0.717, 1.165) is 17.4 Å². The number of rotatable bonds is 25. The SMILES string of the molecule is CCCCCCCCCCCCCCCCOCC(CNS(=O)(=O)CCC[N+](C)(C)C)OC.[I-]. The molecular formula is C26H57IN2O4S. The van der Waals surface area contributed by atoms with Gasteiger partial charge in [-0.3, -0.25) is 0 Å². The molecule has 1 unspecified atom stereocenters. The lowest BCUT2D eigenvalue weighted by Crippen LogP contribution is -3.00. The number of nitrogens with one attached hydrogen (secondary N) is 1. The fourth-order valence-electron chi connectivity index (χ4n) is 3.84. The van der Waals surface area contributed by atoms with E-state index in [-0.39, 0.29) is 42.4 Å². The highest BCUT2D eigenvalue weighted by Crippen LogP contribution is 2.13. The third-order valence-electron chi connectivity index (χ3n) is 6.05. The summed E-state index contributed by atoms with van der Waals surface area (Å²) in [5.41, 5.74) is 0. The summed E-state index contributed by atoms with van der Waals surface area (Å²) in [5, 5.41) is 0. The Labute approximate surface area is 230 Å². The summed E-state index contributed by atoms with van der Waals surface area (Å²) in [7, 11) is 4.53. The van der Waals surface area contributed by atoms with Crippen molar-refractivity contribution in [2.24, 2.45) is 0 Å². The van der Waals surface area contributed by atoms with Gasteiger partial charge in [0.2, 0.25) is 10.0 Å². The molecule has 0 spiro atoms. The van der Waals surface area contributed by atoms with Crippen LogP contribution in [0.3, 0.4) is 0 Å². The van der Waals surface area contributed by atoms with E-state index in [4.69, 9.17) is 9.47 Å². The minimum Gasteiger partial charge on any atom is -1.00 e. The number of quaternary nitrogens is 1. The Kier molecular flexibility index (Phi) is 25.8. The van der Waals surface area contributed by atoms with Gasteiger partial charge in [0.05, 0.1) is 46.2 Å². The fourth-order valence-corrected chi connectivity index (χ4v) is 4.94. The molecule has 1 N–H and O–H groups in total. The molecule has 0 saturated carbocycles. The Balaban J connectivity index is 0. The van der Waals surface area contributed by atoms with Gasteiger partial charge in [-0.2, -0.15) is 0 Å². The predicted molar refractivity (Wildman–Crippen MR) is 141 cm³/mol. The molecule has 208 valence electrons. The van der Waals surface area contributed by atoms with E-state index in [2.05, 4.69) is 32.8 Å². The largest absolute Gasteiger partial charge is 1.00 e. The molecule has 0 aliphatic rings. The molecule has 0 saturated heterocycles. The highest BCUT2D eigenvalue weighted by Gasteiger charge is 2.16. The number of sulfonamides is 1. The molecule has 0 heterocycles. The molecule has 0 radical (unpaired) electrons. The van der Waals surface area contributed by atoms with Crippen LogP contribution in [0.1, 0.15) is 103 Å². The third kappa shape index (κ3) is 27.1. The van der Waals surface area contributed by atoms with Crippen molar-refractivity contribution < 1.29 is 46.4 Å². The zero-order chi connectivity index (χ0) is 24.8. The van der Waals surface area contributed by atoms with E-state index < -0.39 is 10.0 Å². The molecule has 0 aromatic carbocycles. The molecule has 6 nitrogen and oxygen atoms in total. The first kappa shape index (κ1) is 36.7. The van der Waals surface area contributed by atoms with Gasteiger partial charge >= 0.3 is 0 Å². The van der Waals surface area contributed by atoms with Crippen LogP contribution in [0, 0.1) is 0 Å². The van der Waals surface area contributed by atoms with Gasteiger partial charge in [0.15, 0.2) is 0 Å². The lowest BCUT2D eigenvalue weighted by molar-refractivity contribution is -0.870. The van der Waals surface area contributed by atoms with Crippen LogP contribution in [0.4, 0.5) is 0 Å². The van der Waals surface area contributed by atoms with Crippen molar-refractivity contribution in [2.75, 3.05) is 60.3 Å². The normalized spacial score (nSPS) is 13.1.